The van der Waals surface area contributed by atoms with E-state index >= 15 is 0 Å². The highest BCUT2D eigenvalue weighted by molar-refractivity contribution is 7.57. The Hall–Kier alpha value is -5.08. The Bertz CT molecular complexity index is 2330. The second-order valence-electron chi connectivity index (χ2n) is 14.8. The van der Waals surface area contributed by atoms with E-state index in [1.165, 1.54) is 19.6 Å². The Morgan fingerprint density at radius 2 is 1.15 bits per heavy atom. The van der Waals surface area contributed by atoms with Gasteiger partial charge in [0, 0.05) is 0 Å². The van der Waals surface area contributed by atoms with Crippen LogP contribution in [0.25, 0.3) is 22.3 Å². The molecule has 61 heavy (non-hydrogen) atoms. The Kier molecular flexibility index (Phi) is 16.3. The number of anilines is 2. The van der Waals surface area contributed by atoms with Crippen molar-refractivity contribution in [2.24, 2.45) is 0 Å². The van der Waals surface area contributed by atoms with E-state index in [-0.39, 0.29) is 38.3 Å². The molecule has 0 amide bonds. The molecule has 0 aliphatic carbocycles. The summed E-state index contributed by atoms with van der Waals surface area (Å²) in [6.45, 7) is 14.1. The topological polar surface area (TPSA) is 270 Å². The number of ether oxygens (including phenoxy) is 4. The zero-order valence-corrected chi connectivity index (χ0v) is 37.1. The molecule has 24 heteroatoms. The molecule has 5 unspecified atom stereocenters. The lowest BCUT2D eigenvalue weighted by molar-refractivity contribution is -0.149. The van der Waals surface area contributed by atoms with Gasteiger partial charge in [0.2, 0.25) is 0 Å². The number of fused-ring (bicyclic) bond motifs is 2. The largest absolute Gasteiger partial charge is 0.462 e. The predicted octanol–water partition coefficient (Wildman–Crippen LogP) is 4.49. The van der Waals surface area contributed by atoms with Gasteiger partial charge >= 0.3 is 19.5 Å². The maximum Gasteiger partial charge on any atom is 0.342 e. The summed E-state index contributed by atoms with van der Waals surface area (Å²) >= 11 is 0. The molecule has 332 valence electrons. The monoisotopic (exact) mass is 888 g/mol. The van der Waals surface area contributed by atoms with Crippen molar-refractivity contribution in [2.75, 3.05) is 30.0 Å². The standard InChI is InChI=1S/C37H54N12O10P2/c1-23(2)57-36(50)27(7)46-60(52,53)21-55-25(5)14-48-19-44-30-32(40-17-42-34(30)48)38-16-39-33-31-35(43-18-41-33)49(20-45-31)15-26(6)56-22-61(54,59-29-12-10-9-11-13-29)47-28(8)37(51)58-24(3)4/h9-13,17-20,23-28H,14-16,21-22H2,1-8H3,(H,47,54)(H,38,40,42)(H,39,41,43)(H2,46,52,53)/t25-,26?,27?,28?,61?/m0/s1. The minimum Gasteiger partial charge on any atom is -0.462 e. The molecule has 0 spiro atoms. The molecule has 6 atom stereocenters. The van der Waals surface area contributed by atoms with Crippen molar-refractivity contribution in [1.82, 2.24) is 49.2 Å². The zero-order chi connectivity index (χ0) is 44.3. The molecular formula is C37H54N12O10P2. The third-order valence-corrected chi connectivity index (χ3v) is 11.5. The summed E-state index contributed by atoms with van der Waals surface area (Å²) in [6, 6.07) is 6.70. The fraction of sp³-hybridized carbons (Fsp3) is 0.514. The van der Waals surface area contributed by atoms with Crippen LogP contribution in [0, 0.1) is 0 Å². The van der Waals surface area contributed by atoms with Gasteiger partial charge in [-0.2, -0.15) is 0 Å². The number of carbonyl (C=O) groups is 2. The number of nitrogens with one attached hydrogen (secondary N) is 4. The number of hydrogen-bond donors (Lipinski definition) is 5. The number of para-hydroxylation sites is 1. The molecule has 0 aliphatic heterocycles. The Labute approximate surface area is 352 Å². The first-order chi connectivity index (χ1) is 28.9. The number of imidazole rings is 2. The van der Waals surface area contributed by atoms with E-state index in [1.807, 2.05) is 0 Å². The number of hydrogen-bond acceptors (Lipinski definition) is 17. The van der Waals surface area contributed by atoms with Crippen LogP contribution < -0.4 is 25.3 Å². The van der Waals surface area contributed by atoms with Gasteiger partial charge in [-0.1, -0.05) is 18.2 Å². The molecule has 0 aliphatic rings. The normalized spacial score (nSPS) is 15.8. The van der Waals surface area contributed by atoms with Gasteiger partial charge in [0.05, 0.1) is 56.8 Å². The lowest BCUT2D eigenvalue weighted by atomic mass is 10.3. The molecule has 0 bridgehead atoms. The van der Waals surface area contributed by atoms with Gasteiger partial charge in [0.25, 0.3) is 7.52 Å². The Morgan fingerprint density at radius 1 is 0.672 bits per heavy atom. The molecule has 0 saturated heterocycles. The molecule has 0 saturated carbocycles. The average molecular weight is 889 g/mol. The lowest BCUT2D eigenvalue weighted by Crippen LogP contribution is -2.37. The SMILES string of the molecule is CC(C)OC(=O)C(C)NP(=O)(O)CO[C@@H](C)Cn1cnc2c(NCNc3ncnc4c3ncn4CC(C)OCP(=O)(NC(C)C(=O)OC(C)C)Oc3ccccc3)ncnc21. The predicted molar refractivity (Wildman–Crippen MR) is 226 cm³/mol. The summed E-state index contributed by atoms with van der Waals surface area (Å²) < 4.78 is 58.1. The fourth-order valence-electron chi connectivity index (χ4n) is 5.76. The van der Waals surface area contributed by atoms with Crippen LogP contribution in [0.2, 0.25) is 0 Å². The Balaban J connectivity index is 1.16. The quantitative estimate of drug-likeness (QED) is 0.0324. The maximum absolute atomic E-state index is 14.0. The maximum atomic E-state index is 14.0. The van der Waals surface area contributed by atoms with Crippen molar-refractivity contribution in [3.63, 3.8) is 0 Å². The molecular weight excluding hydrogens is 834 g/mol. The number of aromatic nitrogens is 8. The van der Waals surface area contributed by atoms with Crippen molar-refractivity contribution in [3.8, 4) is 5.75 Å². The minimum atomic E-state index is -4.02. The van der Waals surface area contributed by atoms with Gasteiger partial charge in [-0.05, 0) is 67.5 Å². The van der Waals surface area contributed by atoms with Crippen LogP contribution in [0.5, 0.6) is 5.75 Å². The third-order valence-electron chi connectivity index (χ3n) is 8.48. The summed E-state index contributed by atoms with van der Waals surface area (Å²) in [6.07, 6.45) is 3.37. The van der Waals surface area contributed by atoms with Gasteiger partial charge in [-0.15, -0.1) is 0 Å². The van der Waals surface area contributed by atoms with Gasteiger partial charge in [-0.3, -0.25) is 18.7 Å². The van der Waals surface area contributed by atoms with Gasteiger partial charge in [0.15, 0.2) is 22.9 Å². The van der Waals surface area contributed by atoms with Crippen LogP contribution in [0.15, 0.2) is 55.6 Å². The van der Waals surface area contributed by atoms with E-state index in [2.05, 4.69) is 50.7 Å². The van der Waals surface area contributed by atoms with E-state index in [0.29, 0.717) is 39.7 Å². The van der Waals surface area contributed by atoms with Gasteiger partial charge < -0.3 is 48.1 Å². The van der Waals surface area contributed by atoms with Crippen LogP contribution in [0.3, 0.4) is 0 Å². The summed E-state index contributed by atoms with van der Waals surface area (Å²) in [5.41, 5.74) is 2.00. The number of carbonyl (C=O) groups excluding carboxylic acids is 2. The molecule has 22 nitrogen and oxygen atoms in total. The highest BCUT2D eigenvalue weighted by atomic mass is 31.2. The van der Waals surface area contributed by atoms with Crippen LogP contribution in [-0.2, 0) is 50.8 Å². The van der Waals surface area contributed by atoms with E-state index in [1.54, 1.807) is 101 Å². The molecule has 4 aromatic heterocycles. The second-order valence-corrected chi connectivity index (χ2v) is 18.7. The first kappa shape index (κ1) is 47.0. The second kappa shape index (κ2) is 21.1. The molecule has 5 aromatic rings. The molecule has 1 aromatic carbocycles. The summed E-state index contributed by atoms with van der Waals surface area (Å²) in [7, 11) is -7.79. The van der Waals surface area contributed by atoms with Crippen molar-refractivity contribution in [1.29, 1.82) is 0 Å². The molecule has 5 rings (SSSR count). The van der Waals surface area contributed by atoms with E-state index in [9.17, 15) is 23.6 Å². The van der Waals surface area contributed by atoms with E-state index in [4.69, 9.17) is 23.5 Å². The van der Waals surface area contributed by atoms with E-state index in [0.717, 1.165) is 0 Å². The van der Waals surface area contributed by atoms with Crippen molar-refractivity contribution < 1.29 is 47.1 Å². The smallest absolute Gasteiger partial charge is 0.342 e. The van der Waals surface area contributed by atoms with Crippen LogP contribution >= 0.6 is 15.0 Å². The third kappa shape index (κ3) is 13.7. The van der Waals surface area contributed by atoms with E-state index < -0.39 is 57.6 Å². The summed E-state index contributed by atoms with van der Waals surface area (Å²) in [5, 5.41) is 11.6. The minimum absolute atomic E-state index is 0.172. The number of benzene rings is 1. The van der Waals surface area contributed by atoms with Crippen LogP contribution in [0.1, 0.15) is 55.4 Å². The first-order valence-electron chi connectivity index (χ1n) is 19.6. The number of rotatable bonds is 24. The van der Waals surface area contributed by atoms with Crippen LogP contribution in [-0.4, -0.2) is 112 Å². The highest BCUT2D eigenvalue weighted by Gasteiger charge is 2.32. The van der Waals surface area contributed by atoms with Crippen molar-refractivity contribution in [3.05, 3.63) is 55.6 Å². The van der Waals surface area contributed by atoms with Crippen molar-refractivity contribution >= 4 is 60.9 Å². The van der Waals surface area contributed by atoms with Gasteiger partial charge in [-0.25, -0.2) is 40.1 Å². The zero-order valence-electron chi connectivity index (χ0n) is 35.3. The van der Waals surface area contributed by atoms with Crippen molar-refractivity contribution in [2.45, 2.75) is 105 Å². The van der Waals surface area contributed by atoms with Gasteiger partial charge in [0.1, 0.15) is 54.2 Å². The van der Waals surface area contributed by atoms with Crippen LogP contribution in [0.4, 0.5) is 11.6 Å². The lowest BCUT2D eigenvalue weighted by Gasteiger charge is -2.25. The average Bonchev–Trinajstić information content (AvgIpc) is 3.80. The molecule has 5 N–H and O–H groups in total. The molecule has 4 heterocycles. The molecule has 0 fully saturated rings. The first-order valence-corrected chi connectivity index (χ1v) is 23.2. The molecule has 0 radical (unpaired) electrons. The number of nitrogens with zero attached hydrogens (tertiary/aromatic N) is 8. The fourth-order valence-corrected chi connectivity index (χ4v) is 8.79. The Morgan fingerprint density at radius 3 is 1.64 bits per heavy atom. The summed E-state index contributed by atoms with van der Waals surface area (Å²) in [5.74, 6) is 0.0278. The number of esters is 2. The summed E-state index contributed by atoms with van der Waals surface area (Å²) in [4.78, 5) is 61.5. The highest BCUT2D eigenvalue weighted by Crippen LogP contribution is 2.44.